The zero-order chi connectivity index (χ0) is 25.3. The average molecular weight is 499 g/mol. The minimum atomic E-state index is -2.87. The van der Waals surface area contributed by atoms with Crippen molar-refractivity contribution >= 4 is 35.1 Å². The summed E-state index contributed by atoms with van der Waals surface area (Å²) in [5.74, 6) is -0.0201. The summed E-state index contributed by atoms with van der Waals surface area (Å²) in [6, 6.07) is 7.44. The van der Waals surface area contributed by atoms with Crippen LogP contribution in [0, 0.1) is 0 Å². The van der Waals surface area contributed by atoms with E-state index >= 15 is 0 Å². The van der Waals surface area contributed by atoms with Gasteiger partial charge in [0, 0.05) is 55.1 Å². The molecular formula is C23H32F2N4O4S. The summed E-state index contributed by atoms with van der Waals surface area (Å²) < 4.78 is 36.7. The quantitative estimate of drug-likeness (QED) is 0.435. The van der Waals surface area contributed by atoms with E-state index in [0.29, 0.717) is 11.7 Å². The normalized spacial score (nSPS) is 14.9. The van der Waals surface area contributed by atoms with E-state index in [2.05, 4.69) is 26.0 Å². The summed E-state index contributed by atoms with van der Waals surface area (Å²) in [5, 5.41) is 1.50. The molecule has 1 aliphatic rings. The van der Waals surface area contributed by atoms with E-state index < -0.39 is 18.3 Å². The number of hydrogen-bond acceptors (Lipinski definition) is 8. The molecule has 0 atom stereocenters. The van der Waals surface area contributed by atoms with Gasteiger partial charge in [-0.25, -0.2) is 14.1 Å². The number of amides is 1. The Morgan fingerprint density at radius 2 is 1.88 bits per heavy atom. The zero-order valence-electron chi connectivity index (χ0n) is 20.2. The molecule has 0 spiro atoms. The molecule has 1 aromatic heterocycles. The van der Waals surface area contributed by atoms with Crippen LogP contribution in [-0.2, 0) is 9.53 Å². The number of aldehydes is 1. The zero-order valence-corrected chi connectivity index (χ0v) is 21.0. The van der Waals surface area contributed by atoms with Crippen molar-refractivity contribution in [1.82, 2.24) is 19.1 Å². The fraction of sp³-hybridized carbons (Fsp3) is 0.522. The number of piperazine rings is 1. The van der Waals surface area contributed by atoms with Crippen LogP contribution in [0.15, 0.2) is 35.4 Å². The average Bonchev–Trinajstić information content (AvgIpc) is 2.75. The summed E-state index contributed by atoms with van der Waals surface area (Å²) in [6.07, 6.45) is 1.69. The van der Waals surface area contributed by atoms with Crippen molar-refractivity contribution in [3.8, 4) is 5.88 Å². The molecule has 188 valence electrons. The smallest absolute Gasteiger partial charge is 0.410 e. The molecule has 0 N–H and O–H groups in total. The number of rotatable bonds is 6. The van der Waals surface area contributed by atoms with E-state index in [4.69, 9.17) is 4.74 Å². The van der Waals surface area contributed by atoms with Gasteiger partial charge in [-0.3, -0.25) is 0 Å². The molecule has 0 bridgehead atoms. The van der Waals surface area contributed by atoms with Gasteiger partial charge in [-0.15, -0.1) is 0 Å². The molecule has 0 aliphatic carbocycles. The monoisotopic (exact) mass is 498 g/mol. The van der Waals surface area contributed by atoms with E-state index in [9.17, 15) is 18.4 Å². The second-order valence-electron chi connectivity index (χ2n) is 8.70. The van der Waals surface area contributed by atoms with Gasteiger partial charge in [-0.05, 0) is 58.0 Å². The van der Waals surface area contributed by atoms with Crippen molar-refractivity contribution in [1.29, 1.82) is 0 Å². The van der Waals surface area contributed by atoms with Crippen molar-refractivity contribution in [2.75, 3.05) is 46.8 Å². The molecule has 8 nitrogen and oxygen atoms in total. The Morgan fingerprint density at radius 1 is 1.21 bits per heavy atom. The van der Waals surface area contributed by atoms with Gasteiger partial charge in [-0.1, -0.05) is 6.07 Å². The molecule has 0 saturated carbocycles. The van der Waals surface area contributed by atoms with Crippen LogP contribution in [0.3, 0.4) is 0 Å². The molecular weight excluding hydrogens is 466 g/mol. The highest BCUT2D eigenvalue weighted by molar-refractivity contribution is 7.97. The Bertz CT molecular complexity index is 950. The maximum absolute atomic E-state index is 12.5. The SMILES string of the molecule is CN(CC=O)C(=O)OC(C)(C)C.CN1CCN(Sc2cccc3c(OC(F)F)nccc23)CC1. The third-order valence-electron chi connectivity index (χ3n) is 4.67. The molecule has 2 aromatic rings. The Balaban J connectivity index is 0.000000292. The standard InChI is InChI=1S/C15H17F2N3OS.C8H15NO3/c1-19-7-9-20(10-8-19)22-13-4-2-3-12-11(13)5-6-18-14(12)21-15(16)17;1-8(2,3)12-7(11)9(4)5-6-10/h2-6,15H,7-10H2,1H3;6H,5H2,1-4H3. The van der Waals surface area contributed by atoms with Crippen LogP contribution in [0.4, 0.5) is 13.6 Å². The fourth-order valence-corrected chi connectivity index (χ4v) is 3.99. The molecule has 2 heterocycles. The van der Waals surface area contributed by atoms with Crippen molar-refractivity contribution in [3.05, 3.63) is 30.5 Å². The molecule has 11 heteroatoms. The Kier molecular flexibility index (Phi) is 10.5. The number of fused-ring (bicyclic) bond motifs is 1. The van der Waals surface area contributed by atoms with E-state index in [1.165, 1.54) is 18.1 Å². The molecule has 1 saturated heterocycles. The van der Waals surface area contributed by atoms with Gasteiger partial charge >= 0.3 is 12.7 Å². The predicted molar refractivity (Wildman–Crippen MR) is 128 cm³/mol. The van der Waals surface area contributed by atoms with Crippen molar-refractivity contribution in [2.45, 2.75) is 37.9 Å². The lowest BCUT2D eigenvalue weighted by atomic mass is 10.2. The first-order valence-electron chi connectivity index (χ1n) is 10.8. The Labute approximate surface area is 203 Å². The lowest BCUT2D eigenvalue weighted by Crippen LogP contribution is -2.40. The largest absolute Gasteiger partial charge is 0.444 e. The van der Waals surface area contributed by atoms with Gasteiger partial charge in [-0.2, -0.15) is 8.78 Å². The molecule has 34 heavy (non-hydrogen) atoms. The van der Waals surface area contributed by atoms with Crippen LogP contribution in [0.5, 0.6) is 5.88 Å². The minimum absolute atomic E-state index is 0.0201. The van der Waals surface area contributed by atoms with Gasteiger partial charge in [0.1, 0.15) is 11.9 Å². The number of hydrogen-bond donors (Lipinski definition) is 0. The van der Waals surface area contributed by atoms with Crippen LogP contribution in [0.1, 0.15) is 20.8 Å². The van der Waals surface area contributed by atoms with E-state index in [0.717, 1.165) is 36.5 Å². The first-order valence-corrected chi connectivity index (χ1v) is 11.6. The molecule has 0 unspecified atom stereocenters. The number of benzene rings is 1. The maximum Gasteiger partial charge on any atom is 0.410 e. The van der Waals surface area contributed by atoms with E-state index in [1.54, 1.807) is 38.8 Å². The minimum Gasteiger partial charge on any atom is -0.444 e. The predicted octanol–water partition coefficient (Wildman–Crippen LogP) is 4.14. The van der Waals surface area contributed by atoms with Gasteiger partial charge in [0.15, 0.2) is 0 Å². The lowest BCUT2D eigenvalue weighted by molar-refractivity contribution is -0.108. The number of carbonyl (C=O) groups excluding carboxylic acids is 2. The summed E-state index contributed by atoms with van der Waals surface area (Å²) in [7, 11) is 3.63. The molecule has 1 amide bonds. The third-order valence-corrected chi connectivity index (χ3v) is 5.85. The number of pyridine rings is 1. The summed E-state index contributed by atoms with van der Waals surface area (Å²) in [5.41, 5.74) is -0.506. The molecule has 3 rings (SSSR count). The van der Waals surface area contributed by atoms with Gasteiger partial charge < -0.3 is 24.1 Å². The first-order chi connectivity index (χ1) is 16.0. The van der Waals surface area contributed by atoms with E-state index in [-0.39, 0.29) is 12.4 Å². The van der Waals surface area contributed by atoms with Crippen molar-refractivity contribution < 1.29 is 27.8 Å². The number of alkyl halides is 2. The van der Waals surface area contributed by atoms with Crippen molar-refractivity contribution in [2.24, 2.45) is 0 Å². The lowest BCUT2D eigenvalue weighted by Gasteiger charge is -2.31. The first kappa shape index (κ1) is 27.7. The number of aromatic nitrogens is 1. The van der Waals surface area contributed by atoms with Gasteiger partial charge in [0.25, 0.3) is 0 Å². The Hall–Kier alpha value is -2.50. The second kappa shape index (κ2) is 12.8. The number of halogens is 2. The van der Waals surface area contributed by atoms with E-state index in [1.807, 2.05) is 18.2 Å². The number of nitrogens with zero attached hydrogens (tertiary/aromatic N) is 4. The summed E-state index contributed by atoms with van der Waals surface area (Å²) >= 11 is 1.66. The third kappa shape index (κ3) is 9.03. The maximum atomic E-state index is 12.5. The van der Waals surface area contributed by atoms with Crippen LogP contribution < -0.4 is 4.74 Å². The highest BCUT2D eigenvalue weighted by Crippen LogP contribution is 2.34. The highest BCUT2D eigenvalue weighted by atomic mass is 32.2. The van der Waals surface area contributed by atoms with Crippen LogP contribution in [0.25, 0.3) is 10.8 Å². The topological polar surface area (TPSA) is 75.2 Å². The van der Waals surface area contributed by atoms with Gasteiger partial charge in [0.2, 0.25) is 5.88 Å². The number of carbonyl (C=O) groups is 2. The molecule has 1 aliphatic heterocycles. The molecule has 0 radical (unpaired) electrons. The Morgan fingerprint density at radius 3 is 2.47 bits per heavy atom. The number of likely N-dealkylation sites (N-methyl/N-ethyl adjacent to an activating group) is 2. The highest BCUT2D eigenvalue weighted by Gasteiger charge is 2.19. The second-order valence-corrected chi connectivity index (χ2v) is 9.84. The van der Waals surface area contributed by atoms with Gasteiger partial charge in [0.05, 0.1) is 6.54 Å². The summed E-state index contributed by atoms with van der Waals surface area (Å²) in [6.45, 7) is 6.53. The summed E-state index contributed by atoms with van der Waals surface area (Å²) in [4.78, 5) is 29.6. The fourth-order valence-electron chi connectivity index (χ4n) is 2.95. The van der Waals surface area contributed by atoms with Crippen LogP contribution in [0.2, 0.25) is 0 Å². The van der Waals surface area contributed by atoms with Crippen LogP contribution >= 0.6 is 11.9 Å². The molecule has 1 aromatic carbocycles. The number of ether oxygens (including phenoxy) is 2. The van der Waals surface area contributed by atoms with Crippen molar-refractivity contribution in [3.63, 3.8) is 0 Å². The molecule has 1 fully saturated rings. The van der Waals surface area contributed by atoms with Crippen LogP contribution in [-0.4, -0.2) is 90.5 Å².